The Morgan fingerprint density at radius 1 is 1.11 bits per heavy atom. The Balaban J connectivity index is 2.88. The summed E-state index contributed by atoms with van der Waals surface area (Å²) in [6.07, 6.45) is 1.15. The lowest BCUT2D eigenvalue weighted by Gasteiger charge is -2.34. The predicted octanol–water partition coefficient (Wildman–Crippen LogP) is 4.12. The second-order valence-electron chi connectivity index (χ2n) is 6.26. The molecule has 0 heterocycles. The van der Waals surface area contributed by atoms with Crippen molar-refractivity contribution in [3.8, 4) is 0 Å². The molecule has 1 N–H and O–H groups in total. The van der Waals surface area contributed by atoms with Crippen LogP contribution in [-0.4, -0.2) is 13.1 Å². The lowest BCUT2D eigenvalue weighted by atomic mass is 9.74. The average molecular weight is 247 g/mol. The minimum Gasteiger partial charge on any atom is -0.316 e. The van der Waals surface area contributed by atoms with Gasteiger partial charge in [0.1, 0.15) is 0 Å². The molecular weight excluding hydrogens is 218 g/mol. The van der Waals surface area contributed by atoms with Crippen molar-refractivity contribution >= 4 is 0 Å². The maximum Gasteiger partial charge on any atom is 0.00107 e. The number of hydrogen-bond acceptors (Lipinski definition) is 1. The van der Waals surface area contributed by atoms with Crippen LogP contribution < -0.4 is 5.32 Å². The summed E-state index contributed by atoms with van der Waals surface area (Å²) in [7, 11) is 0. The van der Waals surface area contributed by atoms with E-state index < -0.39 is 0 Å². The van der Waals surface area contributed by atoms with Gasteiger partial charge >= 0.3 is 0 Å². The van der Waals surface area contributed by atoms with Gasteiger partial charge in [-0.1, -0.05) is 57.0 Å². The molecule has 1 aromatic rings. The summed E-state index contributed by atoms with van der Waals surface area (Å²) in [4.78, 5) is 0. The molecular formula is C17H29N. The molecule has 0 fully saturated rings. The van der Waals surface area contributed by atoms with E-state index in [9.17, 15) is 0 Å². The highest BCUT2D eigenvalue weighted by Crippen LogP contribution is 2.31. The molecule has 0 radical (unpaired) electrons. The third kappa shape index (κ3) is 4.13. The van der Waals surface area contributed by atoms with Gasteiger partial charge in [-0.25, -0.2) is 0 Å². The SMILES string of the molecule is CCNCC(C)(Cc1cc(C)cc(C)c1)C(C)C. The molecule has 102 valence electrons. The van der Waals surface area contributed by atoms with Crippen LogP contribution in [0.25, 0.3) is 0 Å². The standard InChI is InChI=1S/C17H29N/c1-7-18-12-17(6,13(2)3)11-16-9-14(4)8-15(5)10-16/h8-10,13,18H,7,11-12H2,1-6H3. The third-order valence-electron chi connectivity index (χ3n) is 4.06. The largest absolute Gasteiger partial charge is 0.316 e. The summed E-state index contributed by atoms with van der Waals surface area (Å²) in [5.41, 5.74) is 4.55. The molecule has 18 heavy (non-hydrogen) atoms. The van der Waals surface area contributed by atoms with Crippen molar-refractivity contribution in [2.45, 2.75) is 48.0 Å². The Morgan fingerprint density at radius 2 is 1.67 bits per heavy atom. The van der Waals surface area contributed by atoms with Crippen molar-refractivity contribution in [1.29, 1.82) is 0 Å². The Morgan fingerprint density at radius 3 is 2.11 bits per heavy atom. The molecule has 0 aliphatic carbocycles. The van der Waals surface area contributed by atoms with E-state index in [2.05, 4.69) is 65.1 Å². The fraction of sp³-hybridized carbons (Fsp3) is 0.647. The van der Waals surface area contributed by atoms with Crippen molar-refractivity contribution in [2.24, 2.45) is 11.3 Å². The molecule has 0 aliphatic heterocycles. The van der Waals surface area contributed by atoms with Gasteiger partial charge in [-0.2, -0.15) is 0 Å². The van der Waals surface area contributed by atoms with E-state index >= 15 is 0 Å². The Hall–Kier alpha value is -0.820. The lowest BCUT2D eigenvalue weighted by Crippen LogP contribution is -2.37. The molecule has 1 heteroatoms. The molecule has 0 saturated carbocycles. The molecule has 1 aromatic carbocycles. The highest BCUT2D eigenvalue weighted by atomic mass is 14.9. The topological polar surface area (TPSA) is 12.0 Å². The molecule has 1 unspecified atom stereocenters. The molecule has 1 rings (SSSR count). The summed E-state index contributed by atoms with van der Waals surface area (Å²) < 4.78 is 0. The monoisotopic (exact) mass is 247 g/mol. The van der Waals surface area contributed by atoms with Crippen molar-refractivity contribution in [2.75, 3.05) is 13.1 Å². The highest BCUT2D eigenvalue weighted by Gasteiger charge is 2.28. The number of benzene rings is 1. The van der Waals surface area contributed by atoms with Crippen LogP contribution >= 0.6 is 0 Å². The first-order valence-corrected chi connectivity index (χ1v) is 7.15. The fourth-order valence-electron chi connectivity index (χ4n) is 2.52. The van der Waals surface area contributed by atoms with E-state index in [0.717, 1.165) is 19.5 Å². The van der Waals surface area contributed by atoms with E-state index in [1.165, 1.54) is 16.7 Å². The van der Waals surface area contributed by atoms with E-state index in [1.807, 2.05) is 0 Å². The van der Waals surface area contributed by atoms with Crippen molar-refractivity contribution in [1.82, 2.24) is 5.32 Å². The van der Waals surface area contributed by atoms with Gasteiger partial charge in [0.05, 0.1) is 0 Å². The number of nitrogens with one attached hydrogen (secondary N) is 1. The zero-order valence-electron chi connectivity index (χ0n) is 12.9. The first-order chi connectivity index (χ1) is 8.37. The van der Waals surface area contributed by atoms with Crippen LogP contribution in [0.2, 0.25) is 0 Å². The quantitative estimate of drug-likeness (QED) is 0.797. The van der Waals surface area contributed by atoms with Gasteiger partial charge in [0.25, 0.3) is 0 Å². The second kappa shape index (κ2) is 6.38. The minimum absolute atomic E-state index is 0.330. The summed E-state index contributed by atoms with van der Waals surface area (Å²) >= 11 is 0. The Labute approximate surface area is 113 Å². The van der Waals surface area contributed by atoms with E-state index in [-0.39, 0.29) is 0 Å². The molecule has 0 aliphatic rings. The van der Waals surface area contributed by atoms with Gasteiger partial charge in [-0.15, -0.1) is 0 Å². The normalized spacial score (nSPS) is 14.8. The summed E-state index contributed by atoms with van der Waals surface area (Å²) in [6, 6.07) is 6.92. The number of aryl methyl sites for hydroxylation is 2. The van der Waals surface area contributed by atoms with Gasteiger partial charge < -0.3 is 5.32 Å². The maximum absolute atomic E-state index is 3.52. The molecule has 0 aromatic heterocycles. The number of hydrogen-bond donors (Lipinski definition) is 1. The van der Waals surface area contributed by atoms with Gasteiger partial charge in [0.2, 0.25) is 0 Å². The molecule has 0 amide bonds. The van der Waals surface area contributed by atoms with Crippen LogP contribution in [0.4, 0.5) is 0 Å². The van der Waals surface area contributed by atoms with Crippen molar-refractivity contribution < 1.29 is 0 Å². The van der Waals surface area contributed by atoms with Crippen LogP contribution in [0.1, 0.15) is 44.4 Å². The van der Waals surface area contributed by atoms with Crippen LogP contribution in [0.15, 0.2) is 18.2 Å². The first kappa shape index (κ1) is 15.2. The average Bonchev–Trinajstić information content (AvgIpc) is 2.24. The van der Waals surface area contributed by atoms with Gasteiger partial charge in [-0.05, 0) is 43.7 Å². The summed E-state index contributed by atoms with van der Waals surface area (Å²) in [5.74, 6) is 0.678. The highest BCUT2D eigenvalue weighted by molar-refractivity contribution is 5.29. The van der Waals surface area contributed by atoms with Crippen LogP contribution in [0, 0.1) is 25.2 Å². The van der Waals surface area contributed by atoms with Crippen LogP contribution in [-0.2, 0) is 6.42 Å². The van der Waals surface area contributed by atoms with Gasteiger partial charge in [0, 0.05) is 6.54 Å². The lowest BCUT2D eigenvalue weighted by molar-refractivity contribution is 0.209. The van der Waals surface area contributed by atoms with Crippen LogP contribution in [0.5, 0.6) is 0 Å². The van der Waals surface area contributed by atoms with Gasteiger partial charge in [0.15, 0.2) is 0 Å². The zero-order chi connectivity index (χ0) is 13.8. The van der Waals surface area contributed by atoms with E-state index in [0.29, 0.717) is 11.3 Å². The predicted molar refractivity (Wildman–Crippen MR) is 81.1 cm³/mol. The number of rotatable bonds is 6. The Kier molecular flexibility index (Phi) is 5.40. The van der Waals surface area contributed by atoms with E-state index in [1.54, 1.807) is 0 Å². The molecule has 0 bridgehead atoms. The zero-order valence-corrected chi connectivity index (χ0v) is 12.9. The minimum atomic E-state index is 0.330. The summed E-state index contributed by atoms with van der Waals surface area (Å²) in [6.45, 7) is 15.8. The second-order valence-corrected chi connectivity index (χ2v) is 6.26. The Bertz CT molecular complexity index is 361. The smallest absolute Gasteiger partial charge is 0.00107 e. The third-order valence-corrected chi connectivity index (χ3v) is 4.06. The first-order valence-electron chi connectivity index (χ1n) is 7.15. The van der Waals surface area contributed by atoms with Gasteiger partial charge in [-0.3, -0.25) is 0 Å². The van der Waals surface area contributed by atoms with Crippen molar-refractivity contribution in [3.63, 3.8) is 0 Å². The van der Waals surface area contributed by atoms with E-state index in [4.69, 9.17) is 0 Å². The molecule has 1 nitrogen and oxygen atoms in total. The summed E-state index contributed by atoms with van der Waals surface area (Å²) in [5, 5.41) is 3.52. The molecule has 1 atom stereocenters. The van der Waals surface area contributed by atoms with Crippen LogP contribution in [0.3, 0.4) is 0 Å². The maximum atomic E-state index is 3.52. The van der Waals surface area contributed by atoms with Crippen molar-refractivity contribution in [3.05, 3.63) is 34.9 Å². The fourth-order valence-corrected chi connectivity index (χ4v) is 2.52. The molecule has 0 saturated heterocycles. The molecule has 0 spiro atoms.